The molecule has 3 heteroatoms. The minimum atomic E-state index is -0.378. The summed E-state index contributed by atoms with van der Waals surface area (Å²) in [4.78, 5) is 10.9. The van der Waals surface area contributed by atoms with E-state index in [-0.39, 0.29) is 5.91 Å². The molecule has 0 unspecified atom stereocenters. The van der Waals surface area contributed by atoms with Crippen LogP contribution in [0.2, 0.25) is 0 Å². The highest BCUT2D eigenvalue weighted by molar-refractivity contribution is 5.92. The third-order valence-corrected chi connectivity index (χ3v) is 1.93. The Labute approximate surface area is 84.3 Å². The van der Waals surface area contributed by atoms with Crippen molar-refractivity contribution in [2.45, 2.75) is 26.4 Å². The molecule has 1 aromatic rings. The molecule has 0 aliphatic rings. The van der Waals surface area contributed by atoms with Gasteiger partial charge in [-0.1, -0.05) is 26.0 Å². The minimum absolute atomic E-state index is 0.378. The van der Waals surface area contributed by atoms with Crippen LogP contribution in [0.3, 0.4) is 0 Å². The first-order valence-corrected chi connectivity index (χ1v) is 4.71. The molecule has 1 rings (SSSR count). The van der Waals surface area contributed by atoms with Crippen LogP contribution >= 0.6 is 0 Å². The molecule has 3 N–H and O–H groups in total. The maximum absolute atomic E-state index is 10.9. The molecule has 1 aromatic carbocycles. The van der Waals surface area contributed by atoms with Crippen molar-refractivity contribution in [1.82, 2.24) is 5.32 Å². The quantitative estimate of drug-likeness (QED) is 0.755. The largest absolute Gasteiger partial charge is 0.366 e. The number of nitrogens with one attached hydrogen (secondary N) is 1. The fourth-order valence-electron chi connectivity index (χ4n) is 1.16. The van der Waals surface area contributed by atoms with Gasteiger partial charge in [-0.2, -0.15) is 0 Å². The van der Waals surface area contributed by atoms with Crippen molar-refractivity contribution in [3.05, 3.63) is 35.4 Å². The van der Waals surface area contributed by atoms with E-state index in [4.69, 9.17) is 5.73 Å². The van der Waals surface area contributed by atoms with E-state index in [9.17, 15) is 4.79 Å². The third-order valence-electron chi connectivity index (χ3n) is 1.93. The van der Waals surface area contributed by atoms with Crippen LogP contribution in [0.4, 0.5) is 0 Å². The highest BCUT2D eigenvalue weighted by atomic mass is 16.1. The zero-order chi connectivity index (χ0) is 10.6. The highest BCUT2D eigenvalue weighted by Crippen LogP contribution is 2.04. The highest BCUT2D eigenvalue weighted by Gasteiger charge is 2.01. The monoisotopic (exact) mass is 192 g/mol. The van der Waals surface area contributed by atoms with Crippen molar-refractivity contribution in [2.24, 2.45) is 5.73 Å². The lowest BCUT2D eigenvalue weighted by Gasteiger charge is -2.08. The normalized spacial score (nSPS) is 10.5. The first-order chi connectivity index (χ1) is 6.59. The summed E-state index contributed by atoms with van der Waals surface area (Å²) in [6, 6.07) is 7.80. The number of hydrogen-bond acceptors (Lipinski definition) is 2. The van der Waals surface area contributed by atoms with Gasteiger partial charge in [0.25, 0.3) is 0 Å². The topological polar surface area (TPSA) is 55.1 Å². The minimum Gasteiger partial charge on any atom is -0.366 e. The molecule has 0 aromatic heterocycles. The molecule has 1 amide bonds. The molecule has 0 aliphatic heterocycles. The summed E-state index contributed by atoms with van der Waals surface area (Å²) in [5.41, 5.74) is 6.82. The van der Waals surface area contributed by atoms with E-state index >= 15 is 0 Å². The van der Waals surface area contributed by atoms with Gasteiger partial charge in [-0.25, -0.2) is 0 Å². The molecule has 0 bridgehead atoms. The predicted octanol–water partition coefficient (Wildman–Crippen LogP) is 1.28. The lowest BCUT2D eigenvalue weighted by Crippen LogP contribution is -2.22. The Bertz CT molecular complexity index is 321. The van der Waals surface area contributed by atoms with E-state index in [1.54, 1.807) is 6.07 Å². The molecule has 0 saturated carbocycles. The lowest BCUT2D eigenvalue weighted by molar-refractivity contribution is 0.1000. The molecule has 0 saturated heterocycles. The van der Waals surface area contributed by atoms with Gasteiger partial charge < -0.3 is 11.1 Å². The maximum Gasteiger partial charge on any atom is 0.248 e. The Morgan fingerprint density at radius 1 is 1.50 bits per heavy atom. The van der Waals surface area contributed by atoms with Crippen LogP contribution in [-0.2, 0) is 6.54 Å². The average molecular weight is 192 g/mol. The molecule has 0 atom stereocenters. The van der Waals surface area contributed by atoms with E-state index in [1.807, 2.05) is 18.2 Å². The third kappa shape index (κ3) is 3.18. The smallest absolute Gasteiger partial charge is 0.248 e. The summed E-state index contributed by atoms with van der Waals surface area (Å²) < 4.78 is 0. The van der Waals surface area contributed by atoms with Crippen LogP contribution in [0.5, 0.6) is 0 Å². The number of primary amides is 1. The van der Waals surface area contributed by atoms with Crippen LogP contribution in [-0.4, -0.2) is 11.9 Å². The van der Waals surface area contributed by atoms with Gasteiger partial charge in [0, 0.05) is 18.2 Å². The summed E-state index contributed by atoms with van der Waals surface area (Å²) in [7, 11) is 0. The lowest BCUT2D eigenvalue weighted by atomic mass is 10.1. The zero-order valence-electron chi connectivity index (χ0n) is 8.58. The number of carbonyl (C=O) groups is 1. The molecule has 0 heterocycles. The number of benzene rings is 1. The van der Waals surface area contributed by atoms with Gasteiger partial charge in [-0.15, -0.1) is 0 Å². The number of amides is 1. The molecule has 0 spiro atoms. The van der Waals surface area contributed by atoms with Crippen molar-refractivity contribution in [2.75, 3.05) is 0 Å². The second kappa shape index (κ2) is 4.77. The van der Waals surface area contributed by atoms with E-state index in [1.165, 1.54) is 0 Å². The second-order valence-electron chi connectivity index (χ2n) is 3.60. The van der Waals surface area contributed by atoms with Gasteiger partial charge in [0.1, 0.15) is 0 Å². The van der Waals surface area contributed by atoms with E-state index < -0.39 is 0 Å². The van der Waals surface area contributed by atoms with Gasteiger partial charge in [0.15, 0.2) is 0 Å². The van der Waals surface area contributed by atoms with Crippen LogP contribution in [0.25, 0.3) is 0 Å². The Balaban J connectivity index is 2.69. The van der Waals surface area contributed by atoms with Gasteiger partial charge in [-0.3, -0.25) is 4.79 Å². The SMILES string of the molecule is CC(C)NCc1cccc(C(N)=O)c1. The van der Waals surface area contributed by atoms with Crippen LogP contribution in [0.15, 0.2) is 24.3 Å². The van der Waals surface area contributed by atoms with Crippen LogP contribution < -0.4 is 11.1 Å². The van der Waals surface area contributed by atoms with Crippen molar-refractivity contribution >= 4 is 5.91 Å². The van der Waals surface area contributed by atoms with Crippen molar-refractivity contribution in [3.63, 3.8) is 0 Å². The van der Waals surface area contributed by atoms with Gasteiger partial charge in [0.2, 0.25) is 5.91 Å². The second-order valence-corrected chi connectivity index (χ2v) is 3.60. The van der Waals surface area contributed by atoms with Crippen LogP contribution in [0.1, 0.15) is 29.8 Å². The molecular formula is C11H16N2O. The zero-order valence-corrected chi connectivity index (χ0v) is 8.58. The molecule has 14 heavy (non-hydrogen) atoms. The fourth-order valence-corrected chi connectivity index (χ4v) is 1.16. The molecule has 0 fully saturated rings. The maximum atomic E-state index is 10.9. The fraction of sp³-hybridized carbons (Fsp3) is 0.364. The Kier molecular flexibility index (Phi) is 3.65. The summed E-state index contributed by atoms with van der Waals surface area (Å²) in [6.45, 7) is 4.93. The first-order valence-electron chi connectivity index (χ1n) is 4.71. The van der Waals surface area contributed by atoms with Gasteiger partial charge in [-0.05, 0) is 17.7 Å². The summed E-state index contributed by atoms with van der Waals surface area (Å²) >= 11 is 0. The van der Waals surface area contributed by atoms with Crippen molar-refractivity contribution < 1.29 is 4.79 Å². The van der Waals surface area contributed by atoms with E-state index in [2.05, 4.69) is 19.2 Å². The summed E-state index contributed by atoms with van der Waals surface area (Å²) in [5.74, 6) is -0.378. The molecule has 76 valence electrons. The Hall–Kier alpha value is -1.35. The first kappa shape index (κ1) is 10.7. The Morgan fingerprint density at radius 2 is 2.21 bits per heavy atom. The van der Waals surface area contributed by atoms with Crippen LogP contribution in [0, 0.1) is 0 Å². The molecule has 0 radical (unpaired) electrons. The summed E-state index contributed by atoms with van der Waals surface area (Å²) in [6.07, 6.45) is 0. The van der Waals surface area contributed by atoms with Crippen molar-refractivity contribution in [1.29, 1.82) is 0 Å². The molecular weight excluding hydrogens is 176 g/mol. The van der Waals surface area contributed by atoms with E-state index in [0.29, 0.717) is 11.6 Å². The predicted molar refractivity (Wildman–Crippen MR) is 56.9 cm³/mol. The van der Waals surface area contributed by atoms with E-state index in [0.717, 1.165) is 12.1 Å². The van der Waals surface area contributed by atoms with Gasteiger partial charge >= 0.3 is 0 Å². The molecule has 0 aliphatic carbocycles. The average Bonchev–Trinajstić information content (AvgIpc) is 2.15. The number of nitrogens with two attached hydrogens (primary N) is 1. The van der Waals surface area contributed by atoms with Gasteiger partial charge in [0.05, 0.1) is 0 Å². The standard InChI is InChI=1S/C11H16N2O/c1-8(2)13-7-9-4-3-5-10(6-9)11(12)14/h3-6,8,13H,7H2,1-2H3,(H2,12,14). The number of hydrogen-bond donors (Lipinski definition) is 2. The summed E-state index contributed by atoms with van der Waals surface area (Å²) in [5, 5.41) is 3.28. The molecule has 3 nitrogen and oxygen atoms in total. The number of carbonyl (C=O) groups excluding carboxylic acids is 1. The van der Waals surface area contributed by atoms with Crippen molar-refractivity contribution in [3.8, 4) is 0 Å². The number of rotatable bonds is 4. The Morgan fingerprint density at radius 3 is 2.79 bits per heavy atom.